The topological polar surface area (TPSA) is 18.5 Å². The van der Waals surface area contributed by atoms with Crippen LogP contribution in [0.5, 0.6) is 0 Å². The van der Waals surface area contributed by atoms with Crippen molar-refractivity contribution in [3.05, 3.63) is 48.0 Å². The molecule has 0 radical (unpaired) electrons. The summed E-state index contributed by atoms with van der Waals surface area (Å²) >= 11 is 0. The van der Waals surface area contributed by atoms with Gasteiger partial charge in [-0.15, -0.1) is 0 Å². The van der Waals surface area contributed by atoms with Gasteiger partial charge in [0, 0.05) is 0 Å². The predicted octanol–water partition coefficient (Wildman–Crippen LogP) is 5.13. The Morgan fingerprint density at radius 3 is 2.14 bits per heavy atom. The van der Waals surface area contributed by atoms with E-state index in [2.05, 4.69) is 56.3 Å². The minimum Gasteiger partial charge on any atom is -0.349 e. The average molecular weight is 290 g/mol. The minimum atomic E-state index is -0.182. The Morgan fingerprint density at radius 1 is 0.952 bits per heavy atom. The van der Waals surface area contributed by atoms with Gasteiger partial charge in [-0.2, -0.15) is 0 Å². The SMILES string of the molecule is CCCCOC(/C=C/CCc1ccccc1)OCCCC. The smallest absolute Gasteiger partial charge is 0.176 e. The Kier molecular flexibility index (Phi) is 10.8. The van der Waals surface area contributed by atoms with Crippen molar-refractivity contribution in [2.45, 2.75) is 58.7 Å². The maximum atomic E-state index is 5.77. The Labute approximate surface area is 130 Å². The van der Waals surface area contributed by atoms with Gasteiger partial charge >= 0.3 is 0 Å². The molecule has 0 amide bonds. The number of rotatable bonds is 12. The fraction of sp³-hybridized carbons (Fsp3) is 0.579. The zero-order valence-electron chi connectivity index (χ0n) is 13.6. The summed E-state index contributed by atoms with van der Waals surface area (Å²) < 4.78 is 11.5. The fourth-order valence-corrected chi connectivity index (χ4v) is 1.95. The molecular weight excluding hydrogens is 260 g/mol. The van der Waals surface area contributed by atoms with Crippen LogP contribution in [0.2, 0.25) is 0 Å². The standard InChI is InChI=1S/C19H30O2/c1-3-5-16-20-19(21-17-6-4-2)15-11-10-14-18-12-8-7-9-13-18/h7-9,11-13,15,19H,3-6,10,14,16-17H2,1-2H3/b15-11+. The van der Waals surface area contributed by atoms with Crippen LogP contribution in [-0.4, -0.2) is 19.5 Å². The van der Waals surface area contributed by atoms with Gasteiger partial charge < -0.3 is 9.47 Å². The van der Waals surface area contributed by atoms with Gasteiger partial charge in [0.2, 0.25) is 0 Å². The molecule has 0 saturated heterocycles. The quantitative estimate of drug-likeness (QED) is 0.302. The molecule has 0 saturated carbocycles. The van der Waals surface area contributed by atoms with E-state index >= 15 is 0 Å². The Morgan fingerprint density at radius 2 is 1.57 bits per heavy atom. The van der Waals surface area contributed by atoms with Gasteiger partial charge in [-0.1, -0.05) is 63.1 Å². The summed E-state index contributed by atoms with van der Waals surface area (Å²) in [6.07, 6.45) is 10.6. The maximum absolute atomic E-state index is 5.77. The lowest BCUT2D eigenvalue weighted by Crippen LogP contribution is -2.16. The zero-order chi connectivity index (χ0) is 15.2. The molecule has 0 atom stereocenters. The van der Waals surface area contributed by atoms with E-state index in [9.17, 15) is 0 Å². The molecule has 2 heteroatoms. The number of hydrogen-bond donors (Lipinski definition) is 0. The monoisotopic (exact) mass is 290 g/mol. The van der Waals surface area contributed by atoms with E-state index in [0.717, 1.165) is 51.7 Å². The van der Waals surface area contributed by atoms with Crippen LogP contribution in [0.25, 0.3) is 0 Å². The van der Waals surface area contributed by atoms with Crippen molar-refractivity contribution < 1.29 is 9.47 Å². The molecule has 1 aromatic carbocycles. The molecule has 0 aliphatic carbocycles. The fourth-order valence-electron chi connectivity index (χ4n) is 1.95. The van der Waals surface area contributed by atoms with Crippen molar-refractivity contribution in [1.82, 2.24) is 0 Å². The van der Waals surface area contributed by atoms with Crippen LogP contribution in [-0.2, 0) is 15.9 Å². The van der Waals surface area contributed by atoms with E-state index in [1.165, 1.54) is 5.56 Å². The third-order valence-corrected chi connectivity index (χ3v) is 3.30. The second-order valence-electron chi connectivity index (χ2n) is 5.27. The molecule has 0 N–H and O–H groups in total. The third kappa shape index (κ3) is 9.43. The number of allylic oxidation sites excluding steroid dienone is 1. The molecule has 0 heterocycles. The second kappa shape index (κ2) is 12.6. The highest BCUT2D eigenvalue weighted by atomic mass is 16.7. The summed E-state index contributed by atoms with van der Waals surface area (Å²) in [6.45, 7) is 5.89. The maximum Gasteiger partial charge on any atom is 0.176 e. The first-order chi connectivity index (χ1) is 10.4. The average Bonchev–Trinajstić information content (AvgIpc) is 2.52. The number of hydrogen-bond acceptors (Lipinski definition) is 2. The lowest BCUT2D eigenvalue weighted by atomic mass is 10.1. The minimum absolute atomic E-state index is 0.182. The van der Waals surface area contributed by atoms with Crippen LogP contribution in [0, 0.1) is 0 Å². The van der Waals surface area contributed by atoms with Crippen molar-refractivity contribution in [2.75, 3.05) is 13.2 Å². The molecule has 0 fully saturated rings. The molecule has 118 valence electrons. The van der Waals surface area contributed by atoms with Gasteiger partial charge in [0.15, 0.2) is 6.29 Å². The molecule has 0 aliphatic rings. The van der Waals surface area contributed by atoms with Gasteiger partial charge in [-0.05, 0) is 37.3 Å². The van der Waals surface area contributed by atoms with Gasteiger partial charge in [-0.25, -0.2) is 0 Å². The number of aryl methyl sites for hydroxylation is 1. The molecule has 1 aromatic rings. The number of ether oxygens (including phenoxy) is 2. The van der Waals surface area contributed by atoms with Gasteiger partial charge in [0.1, 0.15) is 0 Å². The molecule has 0 aromatic heterocycles. The molecule has 0 bridgehead atoms. The highest BCUT2D eigenvalue weighted by molar-refractivity contribution is 5.15. The Bertz CT molecular complexity index is 349. The first-order valence-corrected chi connectivity index (χ1v) is 8.30. The largest absolute Gasteiger partial charge is 0.349 e. The van der Waals surface area contributed by atoms with E-state index in [0.29, 0.717) is 0 Å². The van der Waals surface area contributed by atoms with Crippen LogP contribution < -0.4 is 0 Å². The van der Waals surface area contributed by atoms with E-state index in [1.807, 2.05) is 0 Å². The Hall–Kier alpha value is -1.12. The van der Waals surface area contributed by atoms with Crippen LogP contribution in [0.4, 0.5) is 0 Å². The van der Waals surface area contributed by atoms with Gasteiger partial charge in [0.05, 0.1) is 13.2 Å². The van der Waals surface area contributed by atoms with Crippen molar-refractivity contribution in [2.24, 2.45) is 0 Å². The predicted molar refractivity (Wildman–Crippen MR) is 89.4 cm³/mol. The van der Waals surface area contributed by atoms with Crippen LogP contribution in [0.15, 0.2) is 42.5 Å². The summed E-state index contributed by atoms with van der Waals surface area (Å²) in [4.78, 5) is 0. The molecule has 0 unspecified atom stereocenters. The number of benzene rings is 1. The molecule has 0 aliphatic heterocycles. The van der Waals surface area contributed by atoms with E-state index in [-0.39, 0.29) is 6.29 Å². The van der Waals surface area contributed by atoms with E-state index < -0.39 is 0 Å². The van der Waals surface area contributed by atoms with E-state index in [4.69, 9.17) is 9.47 Å². The molecule has 21 heavy (non-hydrogen) atoms. The van der Waals surface area contributed by atoms with Crippen LogP contribution in [0.3, 0.4) is 0 Å². The van der Waals surface area contributed by atoms with Crippen molar-refractivity contribution >= 4 is 0 Å². The molecule has 1 rings (SSSR count). The van der Waals surface area contributed by atoms with Crippen molar-refractivity contribution in [1.29, 1.82) is 0 Å². The highest BCUT2D eigenvalue weighted by Crippen LogP contribution is 2.06. The summed E-state index contributed by atoms with van der Waals surface area (Å²) in [6, 6.07) is 10.6. The molecular formula is C19H30O2. The summed E-state index contributed by atoms with van der Waals surface area (Å²) in [5, 5.41) is 0. The lowest BCUT2D eigenvalue weighted by molar-refractivity contribution is -0.112. The highest BCUT2D eigenvalue weighted by Gasteiger charge is 2.04. The lowest BCUT2D eigenvalue weighted by Gasteiger charge is -2.15. The second-order valence-corrected chi connectivity index (χ2v) is 5.27. The summed E-state index contributed by atoms with van der Waals surface area (Å²) in [7, 11) is 0. The Balaban J connectivity index is 2.29. The van der Waals surface area contributed by atoms with Gasteiger partial charge in [0.25, 0.3) is 0 Å². The van der Waals surface area contributed by atoms with Gasteiger partial charge in [-0.3, -0.25) is 0 Å². The zero-order valence-corrected chi connectivity index (χ0v) is 13.6. The molecule has 2 nitrogen and oxygen atoms in total. The first kappa shape index (κ1) is 17.9. The first-order valence-electron chi connectivity index (χ1n) is 8.30. The van der Waals surface area contributed by atoms with Crippen LogP contribution in [0.1, 0.15) is 51.5 Å². The normalized spacial score (nSPS) is 11.6. The molecule has 0 spiro atoms. The van der Waals surface area contributed by atoms with Crippen LogP contribution >= 0.6 is 0 Å². The summed E-state index contributed by atoms with van der Waals surface area (Å²) in [5.41, 5.74) is 1.37. The number of unbranched alkanes of at least 4 members (excludes halogenated alkanes) is 2. The van der Waals surface area contributed by atoms with Crippen molar-refractivity contribution in [3.63, 3.8) is 0 Å². The summed E-state index contributed by atoms with van der Waals surface area (Å²) in [5.74, 6) is 0. The van der Waals surface area contributed by atoms with E-state index in [1.54, 1.807) is 0 Å². The van der Waals surface area contributed by atoms with Crippen molar-refractivity contribution in [3.8, 4) is 0 Å². The third-order valence-electron chi connectivity index (χ3n) is 3.30.